The molecule has 25 heavy (non-hydrogen) atoms. The van der Waals surface area contributed by atoms with Crippen LogP contribution in [0.3, 0.4) is 0 Å². The molecule has 0 bridgehead atoms. The lowest BCUT2D eigenvalue weighted by Gasteiger charge is -2.22. The molecule has 0 radical (unpaired) electrons. The zero-order chi connectivity index (χ0) is 17.9. The van der Waals surface area contributed by atoms with Crippen LogP contribution in [0.5, 0.6) is 5.75 Å². The van der Waals surface area contributed by atoms with Crippen molar-refractivity contribution in [3.63, 3.8) is 0 Å². The Balaban J connectivity index is 1.66. The van der Waals surface area contributed by atoms with Crippen LogP contribution in [0, 0.1) is 0 Å². The van der Waals surface area contributed by atoms with Gasteiger partial charge in [0.25, 0.3) is 10.0 Å². The smallest absolute Gasteiger partial charge is 0.253 e. The molecule has 6 nitrogen and oxygen atoms in total. The van der Waals surface area contributed by atoms with E-state index in [1.54, 1.807) is 24.6 Å². The maximum absolute atomic E-state index is 12.7. The molecule has 3 rings (SSSR count). The number of sulfonamides is 1. The van der Waals surface area contributed by atoms with Crippen LogP contribution in [0.1, 0.15) is 18.4 Å². The number of benzene rings is 1. The summed E-state index contributed by atoms with van der Waals surface area (Å²) in [5, 5.41) is 4.57. The minimum atomic E-state index is -3.61. The minimum Gasteiger partial charge on any atom is -0.497 e. The summed E-state index contributed by atoms with van der Waals surface area (Å²) in [6.07, 6.45) is 1.23. The summed E-state index contributed by atoms with van der Waals surface area (Å²) in [5.41, 5.74) is 0.930. The number of carbonyl (C=O) groups excluding carboxylic acids is 1. The van der Waals surface area contributed by atoms with E-state index in [-0.39, 0.29) is 10.1 Å². The summed E-state index contributed by atoms with van der Waals surface area (Å²) in [6, 6.07) is 10.0. The highest BCUT2D eigenvalue weighted by molar-refractivity contribution is 7.91. The maximum Gasteiger partial charge on any atom is 0.253 e. The van der Waals surface area contributed by atoms with Crippen molar-refractivity contribution >= 4 is 27.3 Å². The molecule has 2 heterocycles. The number of ether oxygens (including phenoxy) is 1. The van der Waals surface area contributed by atoms with E-state index in [0.29, 0.717) is 25.9 Å². The van der Waals surface area contributed by atoms with Gasteiger partial charge in [0.15, 0.2) is 0 Å². The predicted octanol–water partition coefficient (Wildman–Crippen LogP) is 2.23. The Morgan fingerprint density at radius 1 is 1.32 bits per heavy atom. The van der Waals surface area contributed by atoms with Crippen LogP contribution < -0.4 is 10.1 Å². The van der Waals surface area contributed by atoms with E-state index in [1.807, 2.05) is 24.3 Å². The van der Waals surface area contributed by atoms with Crippen molar-refractivity contribution in [2.45, 2.75) is 29.6 Å². The molecular formula is C17H20N2O4S2. The van der Waals surface area contributed by atoms with E-state index < -0.39 is 16.1 Å². The molecular weight excluding hydrogens is 360 g/mol. The molecule has 1 unspecified atom stereocenters. The molecule has 1 aromatic heterocycles. The average molecular weight is 380 g/mol. The second kappa shape index (κ2) is 7.55. The fraction of sp³-hybridized carbons (Fsp3) is 0.353. The number of amides is 1. The van der Waals surface area contributed by atoms with Crippen molar-refractivity contribution in [3.8, 4) is 5.75 Å². The van der Waals surface area contributed by atoms with Crippen molar-refractivity contribution in [2.24, 2.45) is 0 Å². The zero-order valence-electron chi connectivity index (χ0n) is 13.8. The molecule has 1 aliphatic heterocycles. The van der Waals surface area contributed by atoms with Gasteiger partial charge in [0.2, 0.25) is 5.91 Å². The van der Waals surface area contributed by atoms with Crippen molar-refractivity contribution in [1.82, 2.24) is 9.62 Å². The number of carbonyl (C=O) groups is 1. The van der Waals surface area contributed by atoms with Crippen molar-refractivity contribution in [1.29, 1.82) is 0 Å². The fourth-order valence-corrected chi connectivity index (χ4v) is 5.64. The van der Waals surface area contributed by atoms with Crippen LogP contribution in [0.4, 0.5) is 0 Å². The van der Waals surface area contributed by atoms with Gasteiger partial charge in [-0.1, -0.05) is 18.2 Å². The number of hydrogen-bond donors (Lipinski definition) is 1. The Bertz CT molecular complexity index is 817. The molecule has 0 spiro atoms. The molecule has 1 aliphatic rings. The van der Waals surface area contributed by atoms with Crippen LogP contribution in [-0.2, 0) is 21.4 Å². The molecule has 8 heteroatoms. The van der Waals surface area contributed by atoms with Gasteiger partial charge in [0, 0.05) is 13.1 Å². The Kier molecular flexibility index (Phi) is 5.41. The highest BCUT2D eigenvalue weighted by Crippen LogP contribution is 2.28. The van der Waals surface area contributed by atoms with E-state index >= 15 is 0 Å². The van der Waals surface area contributed by atoms with Crippen LogP contribution in [0.15, 0.2) is 46.0 Å². The molecule has 1 atom stereocenters. The zero-order valence-corrected chi connectivity index (χ0v) is 15.5. The Hall–Kier alpha value is -1.90. The largest absolute Gasteiger partial charge is 0.497 e. The van der Waals surface area contributed by atoms with Crippen molar-refractivity contribution < 1.29 is 17.9 Å². The molecule has 1 N–H and O–H groups in total. The van der Waals surface area contributed by atoms with Gasteiger partial charge >= 0.3 is 0 Å². The first kappa shape index (κ1) is 17.9. The Morgan fingerprint density at radius 3 is 2.72 bits per heavy atom. The summed E-state index contributed by atoms with van der Waals surface area (Å²) < 4.78 is 32.1. The SMILES string of the molecule is COc1ccc(CNC(=O)C2CCCN2S(=O)(=O)c2cccs2)cc1. The molecule has 0 saturated carbocycles. The van der Waals surface area contributed by atoms with Crippen LogP contribution >= 0.6 is 11.3 Å². The molecule has 0 aliphatic carbocycles. The van der Waals surface area contributed by atoms with Gasteiger partial charge in [-0.05, 0) is 42.0 Å². The number of rotatable bonds is 6. The quantitative estimate of drug-likeness (QED) is 0.834. The fourth-order valence-electron chi connectivity index (χ4n) is 2.87. The van der Waals surface area contributed by atoms with E-state index in [2.05, 4.69) is 5.32 Å². The van der Waals surface area contributed by atoms with Gasteiger partial charge in [-0.15, -0.1) is 11.3 Å². The summed E-state index contributed by atoms with van der Waals surface area (Å²) in [4.78, 5) is 12.5. The molecule has 2 aromatic rings. The summed E-state index contributed by atoms with van der Waals surface area (Å²) >= 11 is 1.17. The van der Waals surface area contributed by atoms with Gasteiger partial charge in [-0.25, -0.2) is 8.42 Å². The molecule has 1 fully saturated rings. The highest BCUT2D eigenvalue weighted by atomic mass is 32.2. The monoisotopic (exact) mass is 380 g/mol. The normalized spacial score (nSPS) is 18.2. The number of nitrogens with one attached hydrogen (secondary N) is 1. The highest BCUT2D eigenvalue weighted by Gasteiger charge is 2.39. The predicted molar refractivity (Wildman–Crippen MR) is 96.1 cm³/mol. The first-order valence-corrected chi connectivity index (χ1v) is 10.3. The number of nitrogens with zero attached hydrogens (tertiary/aromatic N) is 1. The van der Waals surface area contributed by atoms with Crippen molar-refractivity contribution in [2.75, 3.05) is 13.7 Å². The lowest BCUT2D eigenvalue weighted by molar-refractivity contribution is -0.124. The number of thiophene rings is 1. The van der Waals surface area contributed by atoms with Crippen LogP contribution in [0.25, 0.3) is 0 Å². The van der Waals surface area contributed by atoms with E-state index in [4.69, 9.17) is 4.74 Å². The Morgan fingerprint density at radius 2 is 2.08 bits per heavy atom. The third-order valence-electron chi connectivity index (χ3n) is 4.19. The lowest BCUT2D eigenvalue weighted by Crippen LogP contribution is -2.45. The summed E-state index contributed by atoms with van der Waals surface area (Å²) in [5.74, 6) is 0.493. The third kappa shape index (κ3) is 3.86. The maximum atomic E-state index is 12.7. The van der Waals surface area contributed by atoms with E-state index in [1.165, 1.54) is 15.6 Å². The molecule has 1 aromatic carbocycles. The van der Waals surface area contributed by atoms with Gasteiger partial charge in [0.05, 0.1) is 7.11 Å². The average Bonchev–Trinajstić information content (AvgIpc) is 3.31. The number of methoxy groups -OCH3 is 1. The summed E-state index contributed by atoms with van der Waals surface area (Å²) in [6.45, 7) is 0.729. The van der Waals surface area contributed by atoms with Gasteiger partial charge in [0.1, 0.15) is 16.0 Å². The van der Waals surface area contributed by atoms with Gasteiger partial charge in [-0.3, -0.25) is 4.79 Å². The second-order valence-electron chi connectivity index (χ2n) is 5.77. The lowest BCUT2D eigenvalue weighted by atomic mass is 10.2. The topological polar surface area (TPSA) is 75.7 Å². The second-order valence-corrected chi connectivity index (χ2v) is 8.84. The van der Waals surface area contributed by atoms with Crippen LogP contribution in [-0.4, -0.2) is 38.3 Å². The first-order chi connectivity index (χ1) is 12.0. The summed E-state index contributed by atoms with van der Waals surface area (Å²) in [7, 11) is -2.01. The Labute approximate surface area is 151 Å². The third-order valence-corrected chi connectivity index (χ3v) is 7.47. The van der Waals surface area contributed by atoms with Gasteiger partial charge < -0.3 is 10.1 Å². The molecule has 134 valence electrons. The van der Waals surface area contributed by atoms with Crippen LogP contribution in [0.2, 0.25) is 0 Å². The van der Waals surface area contributed by atoms with E-state index in [9.17, 15) is 13.2 Å². The molecule has 1 saturated heterocycles. The number of hydrogen-bond acceptors (Lipinski definition) is 5. The van der Waals surface area contributed by atoms with E-state index in [0.717, 1.165) is 11.3 Å². The molecule has 1 amide bonds. The first-order valence-electron chi connectivity index (χ1n) is 7.98. The van der Waals surface area contributed by atoms with Gasteiger partial charge in [-0.2, -0.15) is 4.31 Å². The van der Waals surface area contributed by atoms with Crippen molar-refractivity contribution in [3.05, 3.63) is 47.3 Å². The standard InChI is InChI=1S/C17H20N2O4S2/c1-23-14-8-6-13(7-9-14)12-18-17(20)15-4-2-10-19(15)25(21,22)16-5-3-11-24-16/h3,5-9,11,15H,2,4,10,12H2,1H3,(H,18,20). The minimum absolute atomic E-state index is 0.256.